The molecular weight excluding hydrogens is 504 g/mol. The van der Waals surface area contributed by atoms with Gasteiger partial charge in [0.1, 0.15) is 0 Å². The number of carbonyl (C=O) groups is 2. The first kappa shape index (κ1) is 28.3. The number of hydrogen-bond acceptors (Lipinski definition) is 5. The van der Waals surface area contributed by atoms with Crippen LogP contribution in [0.2, 0.25) is 0 Å². The van der Waals surface area contributed by atoms with Crippen molar-refractivity contribution in [2.24, 2.45) is 11.8 Å². The lowest BCUT2D eigenvalue weighted by atomic mass is 9.88. The lowest BCUT2D eigenvalue weighted by molar-refractivity contribution is -0.138. The highest BCUT2D eigenvalue weighted by Gasteiger charge is 2.39. The van der Waals surface area contributed by atoms with Crippen LogP contribution in [0.4, 0.5) is 0 Å². The summed E-state index contributed by atoms with van der Waals surface area (Å²) in [5, 5.41) is 17.3. The molecule has 3 atom stereocenters. The van der Waals surface area contributed by atoms with Crippen molar-refractivity contribution < 1.29 is 19.4 Å². The molecule has 1 aliphatic carbocycles. The van der Waals surface area contributed by atoms with E-state index in [1.165, 1.54) is 16.5 Å². The molecule has 3 N–H and O–H groups in total. The summed E-state index contributed by atoms with van der Waals surface area (Å²) in [7, 11) is 1.73. The molecule has 0 unspecified atom stereocenters. The minimum absolute atomic E-state index is 0.0109. The maximum Gasteiger partial charge on any atom is 0.227 e. The number of aryl methyl sites for hydroxylation is 1. The number of aliphatic hydroxyl groups is 1. The second-order valence-electron chi connectivity index (χ2n) is 11.2. The lowest BCUT2D eigenvalue weighted by Crippen LogP contribution is -2.50. The Morgan fingerprint density at radius 3 is 2.60 bits per heavy atom. The van der Waals surface area contributed by atoms with Gasteiger partial charge < -0.3 is 29.9 Å². The normalized spacial score (nSPS) is 19.9. The molecule has 5 rings (SSSR count). The number of rotatable bonds is 13. The molecule has 1 saturated heterocycles. The zero-order valence-corrected chi connectivity index (χ0v) is 23.4. The van der Waals surface area contributed by atoms with Gasteiger partial charge in [0.25, 0.3) is 0 Å². The largest absolute Gasteiger partial charge is 0.396 e. The van der Waals surface area contributed by atoms with Crippen LogP contribution in [0.25, 0.3) is 10.9 Å². The number of para-hydroxylation sites is 1. The number of aliphatic hydroxyl groups excluding tert-OH is 1. The van der Waals surface area contributed by atoms with Crippen molar-refractivity contribution in [2.75, 3.05) is 33.4 Å². The Bertz CT molecular complexity index is 1270. The maximum absolute atomic E-state index is 14.0. The van der Waals surface area contributed by atoms with E-state index in [4.69, 9.17) is 4.74 Å². The van der Waals surface area contributed by atoms with E-state index in [2.05, 4.69) is 50.6 Å². The van der Waals surface area contributed by atoms with Crippen LogP contribution in [0.1, 0.15) is 49.3 Å². The number of methoxy groups -OCH3 is 1. The fourth-order valence-corrected chi connectivity index (χ4v) is 5.96. The fourth-order valence-electron chi connectivity index (χ4n) is 5.96. The van der Waals surface area contributed by atoms with Crippen LogP contribution in [0.3, 0.4) is 0 Å². The fraction of sp³-hybridized carbons (Fsp3) is 0.500. The Labute approximate surface area is 236 Å². The number of amides is 2. The molecule has 0 spiro atoms. The van der Waals surface area contributed by atoms with Crippen molar-refractivity contribution in [3.63, 3.8) is 0 Å². The highest BCUT2D eigenvalue weighted by atomic mass is 16.5. The monoisotopic (exact) mass is 546 g/mol. The van der Waals surface area contributed by atoms with Crippen LogP contribution < -0.4 is 10.6 Å². The van der Waals surface area contributed by atoms with E-state index in [0.717, 1.165) is 31.4 Å². The molecule has 0 radical (unpaired) electrons. The molecule has 2 aliphatic rings. The van der Waals surface area contributed by atoms with Gasteiger partial charge >= 0.3 is 0 Å². The summed E-state index contributed by atoms with van der Waals surface area (Å²) in [5.41, 5.74) is 3.33. The Morgan fingerprint density at radius 2 is 1.85 bits per heavy atom. The van der Waals surface area contributed by atoms with Crippen LogP contribution in [0.5, 0.6) is 0 Å². The average molecular weight is 547 g/mol. The number of carbonyl (C=O) groups excluding carboxylic acids is 2. The van der Waals surface area contributed by atoms with Gasteiger partial charge in [-0.15, -0.1) is 0 Å². The summed E-state index contributed by atoms with van der Waals surface area (Å²) in [5.74, 6) is -0.465. The van der Waals surface area contributed by atoms with E-state index in [0.29, 0.717) is 39.1 Å². The summed E-state index contributed by atoms with van der Waals surface area (Å²) in [6.45, 7) is 3.29. The molecule has 2 aromatic carbocycles. The maximum atomic E-state index is 14.0. The topological polar surface area (TPSA) is 95.8 Å². The molecule has 0 bridgehead atoms. The van der Waals surface area contributed by atoms with Gasteiger partial charge in [0.05, 0.1) is 17.9 Å². The molecule has 8 nitrogen and oxygen atoms in total. The van der Waals surface area contributed by atoms with Crippen molar-refractivity contribution in [1.29, 1.82) is 0 Å². The molecule has 2 heterocycles. The molecule has 40 heavy (non-hydrogen) atoms. The Balaban J connectivity index is 1.27. The first-order valence-electron chi connectivity index (χ1n) is 14.6. The van der Waals surface area contributed by atoms with E-state index in [1.54, 1.807) is 7.11 Å². The van der Waals surface area contributed by atoms with E-state index < -0.39 is 0 Å². The van der Waals surface area contributed by atoms with E-state index >= 15 is 0 Å². The van der Waals surface area contributed by atoms with Crippen molar-refractivity contribution in [3.8, 4) is 0 Å². The van der Waals surface area contributed by atoms with Gasteiger partial charge in [-0.2, -0.15) is 0 Å². The second-order valence-corrected chi connectivity index (χ2v) is 11.2. The molecule has 3 aromatic rings. The molecule has 1 aromatic heterocycles. The molecule has 2 amide bonds. The molecule has 2 fully saturated rings. The second kappa shape index (κ2) is 13.4. The van der Waals surface area contributed by atoms with Gasteiger partial charge in [0.2, 0.25) is 11.8 Å². The smallest absolute Gasteiger partial charge is 0.227 e. The Morgan fingerprint density at radius 1 is 1.10 bits per heavy atom. The van der Waals surface area contributed by atoms with E-state index in [1.807, 2.05) is 30.3 Å². The number of nitrogens with zero attached hydrogens (tertiary/aromatic N) is 2. The summed E-state index contributed by atoms with van der Waals surface area (Å²) in [4.78, 5) is 29.3. The number of piperidine rings is 1. The number of aromatic nitrogens is 1. The van der Waals surface area contributed by atoms with E-state index in [-0.39, 0.29) is 42.3 Å². The summed E-state index contributed by atoms with van der Waals surface area (Å²) >= 11 is 0. The van der Waals surface area contributed by atoms with Crippen molar-refractivity contribution >= 4 is 22.7 Å². The number of hydrogen-bond donors (Lipinski definition) is 3. The third-order valence-electron chi connectivity index (χ3n) is 8.24. The third kappa shape index (κ3) is 6.74. The predicted octanol–water partition coefficient (Wildman–Crippen LogP) is 3.63. The van der Waals surface area contributed by atoms with Gasteiger partial charge in [0, 0.05) is 69.6 Å². The van der Waals surface area contributed by atoms with Gasteiger partial charge in [-0.3, -0.25) is 9.59 Å². The van der Waals surface area contributed by atoms with Crippen molar-refractivity contribution in [2.45, 2.75) is 57.3 Å². The quantitative estimate of drug-likeness (QED) is 0.285. The molecule has 8 heteroatoms. The first-order chi connectivity index (χ1) is 19.6. The molecule has 214 valence electrons. The number of ether oxygens (including phenoxy) is 1. The standard InChI is InChI=1S/C32H42N4O4/c1-40-17-7-15-35-21-26(28-10-5-6-11-30(28)35)22-36(27-12-13-27)32(39)25-18-24(19-33-20-25)31(38)34-29(14-16-37)23-8-3-2-4-9-23/h2-6,8-11,21,24-25,27,29,33,37H,7,12-20,22H2,1H3,(H,34,38)/t24-,25+,29-/m0/s1. The molecule has 1 aliphatic heterocycles. The third-order valence-corrected chi connectivity index (χ3v) is 8.24. The van der Waals surface area contributed by atoms with Gasteiger partial charge in [0.15, 0.2) is 0 Å². The lowest BCUT2D eigenvalue weighted by Gasteiger charge is -2.33. The van der Waals surface area contributed by atoms with Crippen LogP contribution in [-0.4, -0.2) is 65.8 Å². The zero-order valence-electron chi connectivity index (χ0n) is 23.4. The first-order valence-corrected chi connectivity index (χ1v) is 14.6. The van der Waals surface area contributed by atoms with Crippen LogP contribution in [-0.2, 0) is 27.4 Å². The summed E-state index contributed by atoms with van der Waals surface area (Å²) in [6.07, 6.45) is 6.17. The number of benzene rings is 2. The van der Waals surface area contributed by atoms with Gasteiger partial charge in [-0.05, 0) is 49.3 Å². The van der Waals surface area contributed by atoms with Crippen LogP contribution in [0.15, 0.2) is 60.8 Å². The SMILES string of the molecule is COCCCn1cc(CN(C(=O)[C@H]2CNC[C@@H](C(=O)N[C@@H](CCO)c3ccccc3)C2)C2CC2)c2ccccc21. The molecular formula is C32H42N4O4. The Kier molecular flexibility index (Phi) is 9.52. The van der Waals surface area contributed by atoms with Crippen LogP contribution >= 0.6 is 0 Å². The van der Waals surface area contributed by atoms with Crippen LogP contribution in [0, 0.1) is 11.8 Å². The molecule has 1 saturated carbocycles. The van der Waals surface area contributed by atoms with Crippen molar-refractivity contribution in [3.05, 3.63) is 71.9 Å². The zero-order chi connectivity index (χ0) is 27.9. The highest BCUT2D eigenvalue weighted by Crippen LogP contribution is 2.33. The number of fused-ring (bicyclic) bond motifs is 1. The minimum atomic E-state index is -0.295. The summed E-state index contributed by atoms with van der Waals surface area (Å²) in [6, 6.07) is 18.2. The van der Waals surface area contributed by atoms with Gasteiger partial charge in [-0.1, -0.05) is 48.5 Å². The number of nitrogens with one attached hydrogen (secondary N) is 2. The van der Waals surface area contributed by atoms with Gasteiger partial charge in [-0.25, -0.2) is 0 Å². The average Bonchev–Trinajstić information content (AvgIpc) is 3.78. The van der Waals surface area contributed by atoms with E-state index in [9.17, 15) is 14.7 Å². The predicted molar refractivity (Wildman–Crippen MR) is 155 cm³/mol. The highest BCUT2D eigenvalue weighted by molar-refractivity contribution is 5.86. The minimum Gasteiger partial charge on any atom is -0.396 e. The summed E-state index contributed by atoms with van der Waals surface area (Å²) < 4.78 is 7.53. The Hall–Kier alpha value is -3.20. The van der Waals surface area contributed by atoms with Crippen molar-refractivity contribution in [1.82, 2.24) is 20.1 Å².